The number of methoxy groups -OCH3 is 1. The fraction of sp³-hybridized carbons (Fsp3) is 0.368. The number of ether oxygens (including phenoxy) is 2. The van der Waals surface area contributed by atoms with Gasteiger partial charge in [-0.2, -0.15) is 0 Å². The van der Waals surface area contributed by atoms with Gasteiger partial charge in [-0.05, 0) is 24.5 Å². The predicted octanol–water partition coefficient (Wildman–Crippen LogP) is 3.29. The molecule has 1 rings (SSSR count). The minimum atomic E-state index is -1.24. The van der Waals surface area contributed by atoms with E-state index in [4.69, 9.17) is 4.74 Å². The molecule has 2 atom stereocenters. The fourth-order valence-electron chi connectivity index (χ4n) is 2.14. The van der Waals surface area contributed by atoms with E-state index in [2.05, 4.69) is 10.1 Å². The highest BCUT2D eigenvalue weighted by Gasteiger charge is 2.32. The lowest BCUT2D eigenvalue weighted by Gasteiger charge is -2.25. The molecule has 0 fully saturated rings. The Morgan fingerprint density at radius 1 is 1.28 bits per heavy atom. The van der Waals surface area contributed by atoms with E-state index in [0.717, 1.165) is 12.0 Å². The third-order valence-electron chi connectivity index (χ3n) is 3.50. The van der Waals surface area contributed by atoms with E-state index in [0.29, 0.717) is 5.57 Å². The molecule has 0 aliphatic carbocycles. The van der Waals surface area contributed by atoms with Gasteiger partial charge >= 0.3 is 12.1 Å². The molecule has 6 nitrogen and oxygen atoms in total. The van der Waals surface area contributed by atoms with E-state index in [-0.39, 0.29) is 6.61 Å². The number of rotatable bonds is 9. The number of alkyl carbamates (subject to hydrolysis) is 1. The lowest BCUT2D eigenvalue weighted by atomic mass is 10.0. The summed E-state index contributed by atoms with van der Waals surface area (Å²) in [4.78, 5) is 23.3. The summed E-state index contributed by atoms with van der Waals surface area (Å²) in [6.07, 6.45) is 4.39. The number of aliphatic carboxylic acids is 1. The highest BCUT2D eigenvalue weighted by atomic mass is 16.5. The SMILES string of the molecule is CCC=CC=C(C)C(NC(=O)OC)C(OCc1ccccc1)C(=O)O. The van der Waals surface area contributed by atoms with Crippen LogP contribution in [0.5, 0.6) is 0 Å². The van der Waals surface area contributed by atoms with Gasteiger partial charge in [0.25, 0.3) is 0 Å². The maximum absolute atomic E-state index is 11.7. The molecule has 0 spiro atoms. The van der Waals surface area contributed by atoms with Crippen molar-refractivity contribution in [2.75, 3.05) is 7.11 Å². The Hall–Kier alpha value is -2.60. The van der Waals surface area contributed by atoms with Crippen molar-refractivity contribution >= 4 is 12.1 Å². The third-order valence-corrected chi connectivity index (χ3v) is 3.50. The molecule has 0 heterocycles. The fourth-order valence-corrected chi connectivity index (χ4v) is 2.14. The van der Waals surface area contributed by atoms with Crippen molar-refractivity contribution < 1.29 is 24.2 Å². The van der Waals surface area contributed by atoms with Crippen LogP contribution in [-0.2, 0) is 20.9 Å². The van der Waals surface area contributed by atoms with Crippen molar-refractivity contribution in [3.63, 3.8) is 0 Å². The molecule has 0 aliphatic heterocycles. The van der Waals surface area contributed by atoms with Gasteiger partial charge in [0.05, 0.1) is 19.8 Å². The zero-order valence-electron chi connectivity index (χ0n) is 14.8. The second kappa shape index (κ2) is 11.0. The number of benzene rings is 1. The molecule has 2 unspecified atom stereocenters. The van der Waals surface area contributed by atoms with Crippen LogP contribution in [0.25, 0.3) is 0 Å². The summed E-state index contributed by atoms with van der Waals surface area (Å²) in [5.74, 6) is -1.16. The summed E-state index contributed by atoms with van der Waals surface area (Å²) in [7, 11) is 1.23. The largest absolute Gasteiger partial charge is 0.479 e. The van der Waals surface area contributed by atoms with Crippen LogP contribution in [0, 0.1) is 0 Å². The highest BCUT2D eigenvalue weighted by Crippen LogP contribution is 2.14. The predicted molar refractivity (Wildman–Crippen MR) is 95.2 cm³/mol. The zero-order valence-corrected chi connectivity index (χ0v) is 14.8. The van der Waals surface area contributed by atoms with Crippen LogP contribution in [0.1, 0.15) is 25.8 Å². The van der Waals surface area contributed by atoms with Gasteiger partial charge in [-0.1, -0.05) is 55.5 Å². The lowest BCUT2D eigenvalue weighted by Crippen LogP contribution is -2.49. The van der Waals surface area contributed by atoms with Gasteiger partial charge in [-0.3, -0.25) is 0 Å². The molecular formula is C19H25NO5. The molecule has 1 amide bonds. The summed E-state index contributed by atoms with van der Waals surface area (Å²) in [6, 6.07) is 8.39. The Morgan fingerprint density at radius 2 is 1.96 bits per heavy atom. The van der Waals surface area contributed by atoms with Gasteiger partial charge < -0.3 is 19.9 Å². The van der Waals surface area contributed by atoms with Gasteiger partial charge in [-0.15, -0.1) is 0 Å². The molecule has 6 heteroatoms. The first kappa shape index (κ1) is 20.4. The van der Waals surface area contributed by atoms with Crippen molar-refractivity contribution in [3.8, 4) is 0 Å². The highest BCUT2D eigenvalue weighted by molar-refractivity contribution is 5.76. The second-order valence-corrected chi connectivity index (χ2v) is 5.42. The van der Waals surface area contributed by atoms with Crippen molar-refractivity contribution in [3.05, 3.63) is 59.7 Å². The minimum Gasteiger partial charge on any atom is -0.479 e. The lowest BCUT2D eigenvalue weighted by molar-refractivity contribution is -0.152. The van der Waals surface area contributed by atoms with Crippen molar-refractivity contribution in [1.82, 2.24) is 5.32 Å². The maximum atomic E-state index is 11.7. The number of amides is 1. The number of carboxylic acids is 1. The van der Waals surface area contributed by atoms with Crippen LogP contribution in [0.2, 0.25) is 0 Å². The van der Waals surface area contributed by atoms with Gasteiger partial charge in [-0.25, -0.2) is 9.59 Å². The van der Waals surface area contributed by atoms with Gasteiger partial charge in [0, 0.05) is 0 Å². The smallest absolute Gasteiger partial charge is 0.407 e. The first-order chi connectivity index (χ1) is 12.0. The molecule has 1 aromatic rings. The number of hydrogen-bond acceptors (Lipinski definition) is 4. The first-order valence-electron chi connectivity index (χ1n) is 8.05. The molecule has 0 bridgehead atoms. The number of nitrogens with one attached hydrogen (secondary N) is 1. The van der Waals surface area contributed by atoms with E-state index in [1.807, 2.05) is 49.4 Å². The Bertz CT molecular complexity index is 610. The van der Waals surface area contributed by atoms with Crippen LogP contribution >= 0.6 is 0 Å². The average molecular weight is 347 g/mol. The monoisotopic (exact) mass is 347 g/mol. The quantitative estimate of drug-likeness (QED) is 0.670. The molecule has 0 radical (unpaired) electrons. The molecule has 0 saturated heterocycles. The van der Waals surface area contributed by atoms with E-state index >= 15 is 0 Å². The van der Waals surface area contributed by atoms with Crippen LogP contribution in [-0.4, -0.2) is 36.4 Å². The van der Waals surface area contributed by atoms with E-state index in [1.54, 1.807) is 13.0 Å². The maximum Gasteiger partial charge on any atom is 0.407 e. The third kappa shape index (κ3) is 7.22. The Kier molecular flexibility index (Phi) is 9.03. The van der Waals surface area contributed by atoms with Gasteiger partial charge in [0.2, 0.25) is 0 Å². The molecule has 25 heavy (non-hydrogen) atoms. The molecule has 0 aromatic heterocycles. The normalized spacial score (nSPS) is 14.1. The van der Waals surface area contributed by atoms with Crippen LogP contribution in [0.15, 0.2) is 54.1 Å². The summed E-state index contributed by atoms with van der Waals surface area (Å²) < 4.78 is 10.2. The summed E-state index contributed by atoms with van der Waals surface area (Å²) >= 11 is 0. The number of carbonyl (C=O) groups excluding carboxylic acids is 1. The molecule has 136 valence electrons. The Balaban J connectivity index is 2.98. The summed E-state index contributed by atoms with van der Waals surface area (Å²) in [6.45, 7) is 3.85. The van der Waals surface area contributed by atoms with E-state index in [9.17, 15) is 14.7 Å². The molecular weight excluding hydrogens is 322 g/mol. The standard InChI is InChI=1S/C19H25NO5/c1-4-5-7-10-14(2)16(20-19(23)24-3)17(18(21)22)25-13-15-11-8-6-9-12-15/h5-12,16-17H,4,13H2,1-3H3,(H,20,23)(H,21,22). The molecule has 0 saturated carbocycles. The van der Waals surface area contributed by atoms with Gasteiger partial charge in [0.15, 0.2) is 6.10 Å². The minimum absolute atomic E-state index is 0.120. The van der Waals surface area contributed by atoms with Crippen LogP contribution < -0.4 is 5.32 Å². The number of carbonyl (C=O) groups is 2. The topological polar surface area (TPSA) is 84.9 Å². The Labute approximate surface area is 148 Å². The van der Waals surface area contributed by atoms with Crippen molar-refractivity contribution in [1.29, 1.82) is 0 Å². The molecule has 2 N–H and O–H groups in total. The summed E-state index contributed by atoms with van der Waals surface area (Å²) in [5, 5.41) is 12.1. The van der Waals surface area contributed by atoms with Crippen LogP contribution in [0.3, 0.4) is 0 Å². The average Bonchev–Trinajstić information content (AvgIpc) is 2.61. The zero-order chi connectivity index (χ0) is 18.7. The first-order valence-corrected chi connectivity index (χ1v) is 8.05. The summed E-state index contributed by atoms with van der Waals surface area (Å²) in [5.41, 5.74) is 1.49. The van der Waals surface area contributed by atoms with Crippen LogP contribution in [0.4, 0.5) is 4.79 Å². The van der Waals surface area contributed by atoms with Crippen molar-refractivity contribution in [2.24, 2.45) is 0 Å². The molecule has 1 aromatic carbocycles. The van der Waals surface area contributed by atoms with E-state index in [1.165, 1.54) is 7.11 Å². The van der Waals surface area contributed by atoms with Gasteiger partial charge in [0.1, 0.15) is 0 Å². The Morgan fingerprint density at radius 3 is 2.52 bits per heavy atom. The van der Waals surface area contributed by atoms with E-state index < -0.39 is 24.2 Å². The number of allylic oxidation sites excluding steroid dienone is 3. The molecule has 0 aliphatic rings. The number of hydrogen-bond donors (Lipinski definition) is 2. The second-order valence-electron chi connectivity index (χ2n) is 5.42. The number of carboxylic acid groups (broad SMARTS) is 1. The van der Waals surface area contributed by atoms with Crippen molar-refractivity contribution in [2.45, 2.75) is 39.0 Å².